The zero-order valence-corrected chi connectivity index (χ0v) is 8.50. The van der Waals surface area contributed by atoms with Gasteiger partial charge in [-0.3, -0.25) is 0 Å². The van der Waals surface area contributed by atoms with E-state index in [0.717, 1.165) is 5.56 Å². The summed E-state index contributed by atoms with van der Waals surface area (Å²) < 4.78 is 10.2. The van der Waals surface area contributed by atoms with E-state index in [1.807, 2.05) is 12.1 Å². The molecule has 0 radical (unpaired) electrons. The first-order chi connectivity index (χ1) is 6.19. The highest BCUT2D eigenvalue weighted by Gasteiger charge is 2.09. The zero-order chi connectivity index (χ0) is 9.84. The Hall–Kier alpha value is -1.25. The van der Waals surface area contributed by atoms with Crippen molar-refractivity contribution in [3.63, 3.8) is 0 Å². The average Bonchev–Trinajstić information content (AvgIpc) is 2.16. The summed E-state index contributed by atoms with van der Waals surface area (Å²) in [5.41, 5.74) is 1.10. The van der Waals surface area contributed by atoms with Gasteiger partial charge in [0.2, 0.25) is 11.8 Å². The van der Waals surface area contributed by atoms with Gasteiger partial charge in [-0.1, -0.05) is 13.8 Å². The molecule has 0 saturated heterocycles. The quantitative estimate of drug-likeness (QED) is 0.716. The second kappa shape index (κ2) is 4.12. The Kier molecular flexibility index (Phi) is 3.12. The molecule has 1 rings (SSSR count). The van der Waals surface area contributed by atoms with Crippen LogP contribution >= 0.6 is 0 Å². The smallest absolute Gasteiger partial charge is 0.219 e. The van der Waals surface area contributed by atoms with Crippen molar-refractivity contribution in [2.45, 2.75) is 19.8 Å². The molecule has 0 saturated carbocycles. The highest BCUT2D eigenvalue weighted by atomic mass is 16.5. The van der Waals surface area contributed by atoms with Crippen LogP contribution in [-0.4, -0.2) is 19.2 Å². The van der Waals surface area contributed by atoms with Crippen LogP contribution in [0.25, 0.3) is 0 Å². The second-order valence-corrected chi connectivity index (χ2v) is 3.11. The second-order valence-electron chi connectivity index (χ2n) is 3.11. The van der Waals surface area contributed by atoms with Crippen LogP contribution in [0.1, 0.15) is 25.3 Å². The van der Waals surface area contributed by atoms with Crippen LogP contribution in [-0.2, 0) is 0 Å². The van der Waals surface area contributed by atoms with E-state index < -0.39 is 0 Å². The molecule has 3 heteroatoms. The van der Waals surface area contributed by atoms with E-state index in [4.69, 9.17) is 9.47 Å². The minimum atomic E-state index is 0.411. The Bertz CT molecular complexity index is 284. The van der Waals surface area contributed by atoms with Crippen LogP contribution in [0.4, 0.5) is 0 Å². The molecule has 0 aliphatic carbocycles. The third-order valence-electron chi connectivity index (χ3n) is 1.89. The van der Waals surface area contributed by atoms with Gasteiger partial charge in [0.1, 0.15) is 0 Å². The lowest BCUT2D eigenvalue weighted by Crippen LogP contribution is -1.98. The van der Waals surface area contributed by atoms with Gasteiger partial charge in [0.15, 0.2) is 0 Å². The minimum absolute atomic E-state index is 0.411. The summed E-state index contributed by atoms with van der Waals surface area (Å²) >= 11 is 0. The fourth-order valence-electron chi connectivity index (χ4n) is 1.15. The van der Waals surface area contributed by atoms with Crippen LogP contribution < -0.4 is 9.47 Å². The molecule has 0 fully saturated rings. The molecule has 0 amide bonds. The van der Waals surface area contributed by atoms with Gasteiger partial charge in [-0.25, -0.2) is 0 Å². The number of hydrogen-bond acceptors (Lipinski definition) is 3. The Labute approximate surface area is 78.7 Å². The predicted molar refractivity (Wildman–Crippen MR) is 51.4 cm³/mol. The first-order valence-electron chi connectivity index (χ1n) is 4.28. The molecule has 0 atom stereocenters. The number of aromatic nitrogens is 1. The molecule has 1 aromatic heterocycles. The Morgan fingerprint density at radius 2 is 1.85 bits per heavy atom. The number of pyridine rings is 1. The molecule has 0 aromatic carbocycles. The molecule has 1 aromatic rings. The number of nitrogens with zero attached hydrogens (tertiary/aromatic N) is 1. The summed E-state index contributed by atoms with van der Waals surface area (Å²) in [6.45, 7) is 4.21. The van der Waals surface area contributed by atoms with Crippen LogP contribution in [0, 0.1) is 0 Å². The van der Waals surface area contributed by atoms with Gasteiger partial charge >= 0.3 is 0 Å². The van der Waals surface area contributed by atoms with Crippen molar-refractivity contribution in [1.82, 2.24) is 4.98 Å². The monoisotopic (exact) mass is 181 g/mol. The highest BCUT2D eigenvalue weighted by molar-refractivity contribution is 5.32. The molecule has 0 N–H and O–H groups in total. The third-order valence-corrected chi connectivity index (χ3v) is 1.89. The van der Waals surface area contributed by atoms with Gasteiger partial charge < -0.3 is 9.47 Å². The molecule has 0 aliphatic heterocycles. The van der Waals surface area contributed by atoms with Crippen LogP contribution in [0.3, 0.4) is 0 Å². The van der Waals surface area contributed by atoms with Crippen molar-refractivity contribution < 1.29 is 9.47 Å². The SMILES string of the molecule is COc1ccc(C(C)C)c(OC)n1. The summed E-state index contributed by atoms with van der Waals surface area (Å²) in [6.07, 6.45) is 0. The Morgan fingerprint density at radius 1 is 1.15 bits per heavy atom. The topological polar surface area (TPSA) is 31.4 Å². The summed E-state index contributed by atoms with van der Waals surface area (Å²) in [5.74, 6) is 1.64. The van der Waals surface area contributed by atoms with Crippen molar-refractivity contribution in [2.75, 3.05) is 14.2 Å². The molecular weight excluding hydrogens is 166 g/mol. The number of rotatable bonds is 3. The fourth-order valence-corrected chi connectivity index (χ4v) is 1.15. The first-order valence-corrected chi connectivity index (χ1v) is 4.28. The van der Waals surface area contributed by atoms with E-state index in [1.165, 1.54) is 0 Å². The Morgan fingerprint density at radius 3 is 2.31 bits per heavy atom. The molecule has 1 heterocycles. The standard InChI is InChI=1S/C10H15NO2/c1-7(2)8-5-6-9(12-3)11-10(8)13-4/h5-7H,1-4H3. The summed E-state index contributed by atoms with van der Waals surface area (Å²) in [5, 5.41) is 0. The minimum Gasteiger partial charge on any atom is -0.481 e. The zero-order valence-electron chi connectivity index (χ0n) is 8.50. The number of hydrogen-bond donors (Lipinski definition) is 0. The van der Waals surface area contributed by atoms with E-state index in [2.05, 4.69) is 18.8 Å². The van der Waals surface area contributed by atoms with Gasteiger partial charge in [-0.05, 0) is 12.0 Å². The molecule has 13 heavy (non-hydrogen) atoms. The summed E-state index contributed by atoms with van der Waals surface area (Å²) in [4.78, 5) is 4.19. The van der Waals surface area contributed by atoms with Gasteiger partial charge in [-0.15, -0.1) is 0 Å². The Balaban J connectivity index is 3.08. The van der Waals surface area contributed by atoms with E-state index >= 15 is 0 Å². The lowest BCUT2D eigenvalue weighted by molar-refractivity contribution is 0.360. The molecule has 0 bridgehead atoms. The predicted octanol–water partition coefficient (Wildman–Crippen LogP) is 2.22. The number of ether oxygens (including phenoxy) is 2. The van der Waals surface area contributed by atoms with Crippen molar-refractivity contribution in [3.05, 3.63) is 17.7 Å². The maximum Gasteiger partial charge on any atom is 0.219 e. The molecule has 3 nitrogen and oxygen atoms in total. The maximum absolute atomic E-state index is 5.16. The van der Waals surface area contributed by atoms with E-state index in [1.54, 1.807) is 14.2 Å². The van der Waals surface area contributed by atoms with Gasteiger partial charge in [0.25, 0.3) is 0 Å². The van der Waals surface area contributed by atoms with E-state index in [0.29, 0.717) is 17.7 Å². The third kappa shape index (κ3) is 2.11. The lowest BCUT2D eigenvalue weighted by Gasteiger charge is -2.10. The normalized spacial score (nSPS) is 10.2. The van der Waals surface area contributed by atoms with Crippen molar-refractivity contribution in [1.29, 1.82) is 0 Å². The van der Waals surface area contributed by atoms with Crippen LogP contribution in [0.2, 0.25) is 0 Å². The molecule has 72 valence electrons. The van der Waals surface area contributed by atoms with Gasteiger partial charge in [-0.2, -0.15) is 4.98 Å². The highest BCUT2D eigenvalue weighted by Crippen LogP contribution is 2.26. The summed E-state index contributed by atoms with van der Waals surface area (Å²) in [6, 6.07) is 3.83. The largest absolute Gasteiger partial charge is 0.481 e. The van der Waals surface area contributed by atoms with E-state index in [9.17, 15) is 0 Å². The van der Waals surface area contributed by atoms with Gasteiger partial charge in [0.05, 0.1) is 14.2 Å². The molecule has 0 unspecified atom stereocenters. The van der Waals surface area contributed by atoms with Crippen molar-refractivity contribution in [3.8, 4) is 11.8 Å². The summed E-state index contributed by atoms with van der Waals surface area (Å²) in [7, 11) is 3.21. The molecule has 0 aliphatic rings. The van der Waals surface area contributed by atoms with Crippen LogP contribution in [0.5, 0.6) is 11.8 Å². The molecular formula is C10H15NO2. The first kappa shape index (κ1) is 9.84. The van der Waals surface area contributed by atoms with E-state index in [-0.39, 0.29) is 0 Å². The van der Waals surface area contributed by atoms with Crippen molar-refractivity contribution >= 4 is 0 Å². The lowest BCUT2D eigenvalue weighted by atomic mass is 10.1. The van der Waals surface area contributed by atoms with Crippen molar-refractivity contribution in [2.24, 2.45) is 0 Å². The maximum atomic E-state index is 5.16. The average molecular weight is 181 g/mol. The van der Waals surface area contributed by atoms with Crippen LogP contribution in [0.15, 0.2) is 12.1 Å². The number of methoxy groups -OCH3 is 2. The van der Waals surface area contributed by atoms with Gasteiger partial charge in [0, 0.05) is 11.6 Å². The fraction of sp³-hybridized carbons (Fsp3) is 0.500. The molecule has 0 spiro atoms.